The highest BCUT2D eigenvalue weighted by Gasteiger charge is 2.20. The van der Waals surface area contributed by atoms with Crippen molar-refractivity contribution in [2.24, 2.45) is 0 Å². The van der Waals surface area contributed by atoms with E-state index in [1.807, 2.05) is 13.8 Å². The van der Waals surface area contributed by atoms with Crippen LogP contribution in [0.1, 0.15) is 26.7 Å². The Labute approximate surface area is 94.9 Å². The first-order chi connectivity index (χ1) is 7.51. The zero-order valence-electron chi connectivity index (χ0n) is 9.36. The molecule has 0 fully saturated rings. The average molecular weight is 244 g/mol. The van der Waals surface area contributed by atoms with E-state index < -0.39 is 15.5 Å². The molecule has 0 saturated carbocycles. The third-order valence-corrected chi connectivity index (χ3v) is 3.93. The molecule has 0 aliphatic rings. The van der Waals surface area contributed by atoms with E-state index in [4.69, 9.17) is 0 Å². The standard InChI is InChI=1S/C10H16N2O3S/c1-3-8(4-2)12-16(14,15)10-7-11-6-5-9(10)13/h5-8,12H,3-4H2,1-2H3,(H,11,13). The fourth-order valence-corrected chi connectivity index (χ4v) is 2.80. The molecule has 1 aromatic rings. The highest BCUT2D eigenvalue weighted by atomic mass is 32.2. The zero-order chi connectivity index (χ0) is 12.2. The van der Waals surface area contributed by atoms with Gasteiger partial charge in [0.05, 0.1) is 0 Å². The molecule has 0 spiro atoms. The maximum absolute atomic E-state index is 11.9. The molecule has 1 heterocycles. The molecule has 0 saturated heterocycles. The van der Waals surface area contributed by atoms with Gasteiger partial charge in [-0.2, -0.15) is 0 Å². The van der Waals surface area contributed by atoms with Gasteiger partial charge in [0.15, 0.2) is 0 Å². The predicted octanol–water partition coefficient (Wildman–Crippen LogP) is 0.842. The molecule has 0 bridgehead atoms. The number of H-pyrrole nitrogens is 1. The van der Waals surface area contributed by atoms with Crippen LogP contribution in [0, 0.1) is 0 Å². The molecule has 1 rings (SSSR count). The summed E-state index contributed by atoms with van der Waals surface area (Å²) in [6, 6.07) is 1.06. The highest BCUT2D eigenvalue weighted by Crippen LogP contribution is 2.05. The second-order valence-electron chi connectivity index (χ2n) is 3.51. The summed E-state index contributed by atoms with van der Waals surface area (Å²) in [5, 5.41) is 0. The van der Waals surface area contributed by atoms with Gasteiger partial charge in [0.25, 0.3) is 0 Å². The quantitative estimate of drug-likeness (QED) is 0.805. The molecule has 6 heteroatoms. The van der Waals surface area contributed by atoms with Crippen molar-refractivity contribution in [3.8, 4) is 0 Å². The van der Waals surface area contributed by atoms with E-state index in [-0.39, 0.29) is 10.9 Å². The largest absolute Gasteiger partial charge is 0.366 e. The van der Waals surface area contributed by atoms with Crippen molar-refractivity contribution in [3.63, 3.8) is 0 Å². The van der Waals surface area contributed by atoms with E-state index in [0.29, 0.717) is 12.8 Å². The molecule has 16 heavy (non-hydrogen) atoms. The van der Waals surface area contributed by atoms with Crippen LogP contribution in [-0.2, 0) is 10.0 Å². The molecule has 0 atom stereocenters. The summed E-state index contributed by atoms with van der Waals surface area (Å²) < 4.78 is 26.2. The van der Waals surface area contributed by atoms with Gasteiger partial charge < -0.3 is 4.98 Å². The first kappa shape index (κ1) is 12.9. The van der Waals surface area contributed by atoms with Crippen molar-refractivity contribution in [2.45, 2.75) is 37.6 Å². The van der Waals surface area contributed by atoms with Crippen LogP contribution in [0.25, 0.3) is 0 Å². The third-order valence-electron chi connectivity index (χ3n) is 2.39. The normalized spacial score (nSPS) is 11.9. The number of aromatic amines is 1. The van der Waals surface area contributed by atoms with Crippen LogP contribution in [0.2, 0.25) is 0 Å². The van der Waals surface area contributed by atoms with Crippen LogP contribution >= 0.6 is 0 Å². The first-order valence-corrected chi connectivity index (χ1v) is 6.69. The number of aromatic nitrogens is 1. The van der Waals surface area contributed by atoms with Crippen molar-refractivity contribution in [1.82, 2.24) is 9.71 Å². The van der Waals surface area contributed by atoms with E-state index in [9.17, 15) is 13.2 Å². The van der Waals surface area contributed by atoms with Crippen molar-refractivity contribution in [2.75, 3.05) is 0 Å². The van der Waals surface area contributed by atoms with Crippen LogP contribution in [0.4, 0.5) is 0 Å². The van der Waals surface area contributed by atoms with Gasteiger partial charge in [0.1, 0.15) is 4.90 Å². The number of hydrogen-bond acceptors (Lipinski definition) is 3. The smallest absolute Gasteiger partial charge is 0.246 e. The van der Waals surface area contributed by atoms with Gasteiger partial charge in [-0.3, -0.25) is 4.79 Å². The fourth-order valence-electron chi connectivity index (χ4n) is 1.35. The average Bonchev–Trinajstić information content (AvgIpc) is 2.26. The SMILES string of the molecule is CCC(CC)NS(=O)(=O)c1c[nH]ccc1=O. The minimum Gasteiger partial charge on any atom is -0.366 e. The minimum atomic E-state index is -3.71. The lowest BCUT2D eigenvalue weighted by Crippen LogP contribution is -2.36. The Morgan fingerprint density at radius 3 is 2.50 bits per heavy atom. The topological polar surface area (TPSA) is 79.0 Å². The van der Waals surface area contributed by atoms with E-state index >= 15 is 0 Å². The molecule has 5 nitrogen and oxygen atoms in total. The lowest BCUT2D eigenvalue weighted by molar-refractivity contribution is 0.529. The molecule has 0 unspecified atom stereocenters. The van der Waals surface area contributed by atoms with Gasteiger partial charge in [-0.1, -0.05) is 13.8 Å². The lowest BCUT2D eigenvalue weighted by Gasteiger charge is -2.14. The van der Waals surface area contributed by atoms with E-state index in [0.717, 1.165) is 0 Å². The Bertz CT molecular complexity index is 489. The second-order valence-corrected chi connectivity index (χ2v) is 5.19. The predicted molar refractivity (Wildman–Crippen MR) is 61.8 cm³/mol. The fraction of sp³-hybridized carbons (Fsp3) is 0.500. The van der Waals surface area contributed by atoms with E-state index in [1.54, 1.807) is 0 Å². The molecule has 1 aromatic heterocycles. The van der Waals surface area contributed by atoms with Crippen LogP contribution in [0.3, 0.4) is 0 Å². The Kier molecular flexibility index (Phi) is 4.26. The minimum absolute atomic E-state index is 0.135. The molecule has 0 aliphatic heterocycles. The number of sulfonamides is 1. The van der Waals surface area contributed by atoms with Crippen LogP contribution in [0.5, 0.6) is 0 Å². The molecule has 2 N–H and O–H groups in total. The summed E-state index contributed by atoms with van der Waals surface area (Å²) in [5.74, 6) is 0. The van der Waals surface area contributed by atoms with Gasteiger partial charge in [-0.25, -0.2) is 13.1 Å². The summed E-state index contributed by atoms with van der Waals surface area (Å²) in [7, 11) is -3.71. The monoisotopic (exact) mass is 244 g/mol. The van der Waals surface area contributed by atoms with Crippen molar-refractivity contribution >= 4 is 10.0 Å². The highest BCUT2D eigenvalue weighted by molar-refractivity contribution is 7.89. The Balaban J connectivity index is 3.04. The molecule has 0 amide bonds. The van der Waals surface area contributed by atoms with Crippen LogP contribution in [-0.4, -0.2) is 19.4 Å². The van der Waals surface area contributed by atoms with Gasteiger partial charge in [-0.05, 0) is 12.8 Å². The summed E-state index contributed by atoms with van der Waals surface area (Å²) in [4.78, 5) is 13.7. The van der Waals surface area contributed by atoms with E-state index in [2.05, 4.69) is 9.71 Å². The number of rotatable bonds is 5. The van der Waals surface area contributed by atoms with Crippen molar-refractivity contribution < 1.29 is 8.42 Å². The second kappa shape index (κ2) is 5.27. The molecular weight excluding hydrogens is 228 g/mol. The maximum Gasteiger partial charge on any atom is 0.246 e. The van der Waals surface area contributed by atoms with Gasteiger partial charge in [0, 0.05) is 24.5 Å². The number of pyridine rings is 1. The van der Waals surface area contributed by atoms with Gasteiger partial charge >= 0.3 is 0 Å². The Morgan fingerprint density at radius 2 is 2.00 bits per heavy atom. The summed E-state index contributed by atoms with van der Waals surface area (Å²) in [6.07, 6.45) is 3.99. The molecule has 0 aromatic carbocycles. The van der Waals surface area contributed by atoms with Crippen molar-refractivity contribution in [3.05, 3.63) is 28.7 Å². The first-order valence-electron chi connectivity index (χ1n) is 5.20. The molecular formula is C10H16N2O3S. The van der Waals surface area contributed by atoms with Crippen LogP contribution < -0.4 is 10.2 Å². The lowest BCUT2D eigenvalue weighted by atomic mass is 10.2. The number of nitrogens with one attached hydrogen (secondary N) is 2. The Morgan fingerprint density at radius 1 is 1.38 bits per heavy atom. The Hall–Kier alpha value is -1.14. The molecule has 0 radical (unpaired) electrons. The molecule has 90 valence electrons. The van der Waals surface area contributed by atoms with Crippen molar-refractivity contribution in [1.29, 1.82) is 0 Å². The maximum atomic E-state index is 11.9. The van der Waals surface area contributed by atoms with Crippen LogP contribution in [0.15, 0.2) is 28.2 Å². The zero-order valence-corrected chi connectivity index (χ0v) is 10.2. The van der Waals surface area contributed by atoms with E-state index in [1.165, 1.54) is 18.5 Å². The summed E-state index contributed by atoms with van der Waals surface area (Å²) >= 11 is 0. The summed E-state index contributed by atoms with van der Waals surface area (Å²) in [6.45, 7) is 3.79. The third kappa shape index (κ3) is 2.93. The van der Waals surface area contributed by atoms with Gasteiger partial charge in [-0.15, -0.1) is 0 Å². The summed E-state index contributed by atoms with van der Waals surface area (Å²) in [5.41, 5.74) is -0.503. The number of hydrogen-bond donors (Lipinski definition) is 2. The molecule has 0 aliphatic carbocycles. The van der Waals surface area contributed by atoms with Gasteiger partial charge in [0.2, 0.25) is 15.5 Å².